The Bertz CT molecular complexity index is 982. The quantitative estimate of drug-likeness (QED) is 0.310. The molecule has 0 radical (unpaired) electrons. The minimum Gasteiger partial charge on any atom is -0.361 e. The van der Waals surface area contributed by atoms with E-state index in [-0.39, 0.29) is 16.2 Å². The van der Waals surface area contributed by atoms with Crippen LogP contribution in [0.5, 0.6) is 0 Å². The monoisotopic (exact) mass is 470 g/mol. The smallest absolute Gasteiger partial charge is 0.0498 e. The van der Waals surface area contributed by atoms with E-state index in [0.717, 1.165) is 38.5 Å². The van der Waals surface area contributed by atoms with Gasteiger partial charge in [-0.05, 0) is 62.8 Å². The second-order valence-electron chi connectivity index (χ2n) is 10.7. The van der Waals surface area contributed by atoms with E-state index in [4.69, 9.17) is 0 Å². The van der Waals surface area contributed by atoms with Gasteiger partial charge in [0.15, 0.2) is 0 Å². The number of aromatic nitrogens is 2. The minimum atomic E-state index is -0.0420. The summed E-state index contributed by atoms with van der Waals surface area (Å²) in [5, 5.41) is 0. The third kappa shape index (κ3) is 3.94. The second-order valence-corrected chi connectivity index (χ2v) is 10.7. The van der Waals surface area contributed by atoms with Crippen LogP contribution < -0.4 is 0 Å². The van der Waals surface area contributed by atoms with Crippen molar-refractivity contribution >= 4 is 0 Å². The third-order valence-electron chi connectivity index (χ3n) is 9.98. The molecule has 0 unspecified atom stereocenters. The molecule has 2 aromatic rings. The first-order valence-corrected chi connectivity index (χ1v) is 14.1. The number of nitrogens with one attached hydrogen (secondary N) is 2. The van der Waals surface area contributed by atoms with Crippen LogP contribution in [0.15, 0.2) is 72.9 Å². The Hall–Kier alpha value is -2.48. The predicted molar refractivity (Wildman–Crippen MR) is 151 cm³/mol. The normalized spacial score (nSPS) is 16.9. The lowest BCUT2D eigenvalue weighted by atomic mass is 9.69. The van der Waals surface area contributed by atoms with Crippen LogP contribution in [0.2, 0.25) is 0 Å². The number of rotatable bonds is 12. The zero-order valence-electron chi connectivity index (χ0n) is 22.8. The summed E-state index contributed by atoms with van der Waals surface area (Å²) in [6.07, 6.45) is 24.9. The molecular weight excluding hydrogens is 424 g/mol. The van der Waals surface area contributed by atoms with E-state index < -0.39 is 0 Å². The largest absolute Gasteiger partial charge is 0.361 e. The summed E-state index contributed by atoms with van der Waals surface area (Å²) in [6.45, 7) is 14.1. The molecule has 0 saturated carbocycles. The molecular formula is C33H46N2. The van der Waals surface area contributed by atoms with Gasteiger partial charge >= 0.3 is 0 Å². The van der Waals surface area contributed by atoms with Crippen molar-refractivity contribution in [1.29, 1.82) is 0 Å². The van der Waals surface area contributed by atoms with Crippen LogP contribution in [0.1, 0.15) is 103 Å². The van der Waals surface area contributed by atoms with Gasteiger partial charge in [-0.2, -0.15) is 0 Å². The highest BCUT2D eigenvalue weighted by molar-refractivity contribution is 5.40. The molecule has 35 heavy (non-hydrogen) atoms. The minimum absolute atomic E-state index is 0.0420. The van der Waals surface area contributed by atoms with Crippen LogP contribution in [0.3, 0.4) is 0 Å². The molecule has 0 aliphatic heterocycles. The van der Waals surface area contributed by atoms with Crippen LogP contribution >= 0.6 is 0 Å². The molecule has 188 valence electrons. The lowest BCUT2D eigenvalue weighted by Gasteiger charge is -2.37. The van der Waals surface area contributed by atoms with Crippen LogP contribution in [0.4, 0.5) is 0 Å². The van der Waals surface area contributed by atoms with Crippen molar-refractivity contribution in [2.75, 3.05) is 0 Å². The van der Waals surface area contributed by atoms with E-state index in [9.17, 15) is 0 Å². The van der Waals surface area contributed by atoms with Crippen molar-refractivity contribution < 1.29 is 0 Å². The number of H-pyrrole nitrogens is 2. The molecule has 2 heteroatoms. The number of hydrogen-bond acceptors (Lipinski definition) is 0. The van der Waals surface area contributed by atoms with Crippen molar-refractivity contribution in [3.63, 3.8) is 0 Å². The summed E-state index contributed by atoms with van der Waals surface area (Å²) in [4.78, 5) is 7.99. The average molecular weight is 471 g/mol. The SMILES string of the molecule is CCC(CC)(c1ccc(C(CC)(CC)C2C=CC=C2)[nH]1)c1ccc(C(CC)(CC)C2C=CC=C2)[nH]1. The van der Waals surface area contributed by atoms with Gasteiger partial charge in [-0.25, -0.2) is 0 Å². The van der Waals surface area contributed by atoms with Gasteiger partial charge in [0.25, 0.3) is 0 Å². The van der Waals surface area contributed by atoms with Crippen molar-refractivity contribution in [3.05, 3.63) is 95.6 Å². The van der Waals surface area contributed by atoms with Gasteiger partial charge in [-0.1, -0.05) is 90.2 Å². The van der Waals surface area contributed by atoms with E-state index in [1.54, 1.807) is 0 Å². The Morgan fingerprint density at radius 2 is 0.800 bits per heavy atom. The fourth-order valence-electron chi connectivity index (χ4n) is 7.25. The summed E-state index contributed by atoms with van der Waals surface area (Å²) in [5.74, 6) is 0.918. The van der Waals surface area contributed by atoms with Crippen molar-refractivity contribution in [2.45, 2.75) is 96.3 Å². The lowest BCUT2D eigenvalue weighted by Crippen LogP contribution is -2.34. The molecule has 0 bridgehead atoms. The van der Waals surface area contributed by atoms with Crippen molar-refractivity contribution in [1.82, 2.24) is 9.97 Å². The van der Waals surface area contributed by atoms with E-state index in [0.29, 0.717) is 11.8 Å². The molecule has 0 amide bonds. The van der Waals surface area contributed by atoms with E-state index in [1.165, 1.54) is 22.8 Å². The first-order chi connectivity index (χ1) is 17.0. The fourth-order valence-corrected chi connectivity index (χ4v) is 7.25. The number of hydrogen-bond donors (Lipinski definition) is 2. The van der Waals surface area contributed by atoms with Crippen LogP contribution in [0, 0.1) is 11.8 Å². The van der Waals surface area contributed by atoms with Gasteiger partial charge in [0.1, 0.15) is 0 Å². The Labute approximate surface area is 213 Å². The Morgan fingerprint density at radius 1 is 0.486 bits per heavy atom. The molecule has 2 aliphatic rings. The molecule has 2 aliphatic carbocycles. The first-order valence-electron chi connectivity index (χ1n) is 14.1. The predicted octanol–water partition coefficient (Wildman–Crippen LogP) is 9.05. The highest BCUT2D eigenvalue weighted by atomic mass is 14.8. The van der Waals surface area contributed by atoms with Gasteiger partial charge in [-0.3, -0.25) is 0 Å². The Balaban J connectivity index is 1.76. The molecule has 2 aromatic heterocycles. The summed E-state index contributed by atoms with van der Waals surface area (Å²) in [6, 6.07) is 9.51. The molecule has 0 fully saturated rings. The van der Waals surface area contributed by atoms with Crippen molar-refractivity contribution in [3.8, 4) is 0 Å². The van der Waals surface area contributed by atoms with Crippen molar-refractivity contribution in [2.24, 2.45) is 11.8 Å². The van der Waals surface area contributed by atoms with E-state index in [1.807, 2.05) is 0 Å². The summed E-state index contributed by atoms with van der Waals surface area (Å²) in [7, 11) is 0. The highest BCUT2D eigenvalue weighted by Gasteiger charge is 2.41. The number of allylic oxidation sites excluding steroid dienone is 8. The maximum Gasteiger partial charge on any atom is 0.0498 e. The molecule has 0 aromatic carbocycles. The second kappa shape index (κ2) is 10.2. The molecule has 4 rings (SSSR count). The third-order valence-corrected chi connectivity index (χ3v) is 9.98. The van der Waals surface area contributed by atoms with Crippen LogP contribution in [-0.4, -0.2) is 9.97 Å². The maximum absolute atomic E-state index is 4.00. The molecule has 0 atom stereocenters. The van der Waals surface area contributed by atoms with Gasteiger partial charge < -0.3 is 9.97 Å². The standard InChI is InChI=1S/C33H46N2/c1-7-31(8-2,25-17-13-14-18-25)27-21-23-29(34-27)33(11-5,12-6)30-24-22-28(35-30)32(9-3,10-4)26-19-15-16-20-26/h13-26,34-35H,7-12H2,1-6H3. The van der Waals surface area contributed by atoms with E-state index >= 15 is 0 Å². The highest BCUT2D eigenvalue weighted by Crippen LogP contribution is 2.46. The zero-order chi connectivity index (χ0) is 25.1. The Morgan fingerprint density at radius 3 is 1.09 bits per heavy atom. The van der Waals surface area contributed by atoms with Crippen LogP contribution in [-0.2, 0) is 16.2 Å². The zero-order valence-corrected chi connectivity index (χ0v) is 22.8. The summed E-state index contributed by atoms with van der Waals surface area (Å²) >= 11 is 0. The molecule has 2 nitrogen and oxygen atoms in total. The topological polar surface area (TPSA) is 31.6 Å². The maximum atomic E-state index is 4.00. The van der Waals surface area contributed by atoms with Crippen LogP contribution in [0.25, 0.3) is 0 Å². The summed E-state index contributed by atoms with van der Waals surface area (Å²) < 4.78 is 0. The van der Waals surface area contributed by atoms with E-state index in [2.05, 4.69) is 124 Å². The van der Waals surface area contributed by atoms with Gasteiger partial charge in [0, 0.05) is 50.9 Å². The first kappa shape index (κ1) is 25.6. The fraction of sp³-hybridized carbons (Fsp3) is 0.515. The van der Waals surface area contributed by atoms with Gasteiger partial charge in [0.05, 0.1) is 0 Å². The van der Waals surface area contributed by atoms with Gasteiger partial charge in [-0.15, -0.1) is 0 Å². The molecule has 0 saturated heterocycles. The molecule has 0 spiro atoms. The summed E-state index contributed by atoms with van der Waals surface area (Å²) in [5.41, 5.74) is 5.67. The molecule has 2 heterocycles. The van der Waals surface area contributed by atoms with Gasteiger partial charge in [0.2, 0.25) is 0 Å². The molecule has 2 N–H and O–H groups in total. The number of aromatic amines is 2. The lowest BCUT2D eigenvalue weighted by molar-refractivity contribution is 0.325. The Kier molecular flexibility index (Phi) is 7.50. The average Bonchev–Trinajstić information content (AvgIpc) is 3.72.